The Kier molecular flexibility index (Phi) is 5.59. The maximum Gasteiger partial charge on any atom is 0.339 e. The van der Waals surface area contributed by atoms with E-state index in [0.717, 1.165) is 5.56 Å². The minimum Gasteiger partial charge on any atom is -0.440 e. The Balaban J connectivity index is 2.18. The van der Waals surface area contributed by atoms with Crippen LogP contribution in [0.25, 0.3) is 11.3 Å². The van der Waals surface area contributed by atoms with Crippen molar-refractivity contribution < 1.29 is 18.0 Å². The zero-order valence-corrected chi connectivity index (χ0v) is 13.6. The molecule has 5 nitrogen and oxygen atoms in total. The lowest BCUT2D eigenvalue weighted by atomic mass is 10.2. The van der Waals surface area contributed by atoms with Gasteiger partial charge in [0.1, 0.15) is 6.16 Å². The van der Waals surface area contributed by atoms with Crippen LogP contribution in [0.3, 0.4) is 0 Å². The Morgan fingerprint density at radius 3 is 2.62 bits per heavy atom. The van der Waals surface area contributed by atoms with Crippen LogP contribution < -0.4 is 0 Å². The summed E-state index contributed by atoms with van der Waals surface area (Å²) in [5.41, 5.74) is 0.809. The van der Waals surface area contributed by atoms with E-state index in [9.17, 15) is 4.57 Å². The molecule has 2 rings (SSSR count). The lowest BCUT2D eigenvalue weighted by Gasteiger charge is -2.14. The van der Waals surface area contributed by atoms with Crippen LogP contribution in [0, 0.1) is 0 Å². The third kappa shape index (κ3) is 4.42. The first kappa shape index (κ1) is 16.2. The molecule has 0 saturated heterocycles. The molecule has 2 aromatic rings. The molecule has 114 valence electrons. The predicted molar refractivity (Wildman–Crippen MR) is 81.5 cm³/mol. The summed E-state index contributed by atoms with van der Waals surface area (Å²) in [6.07, 6.45) is 1.58. The van der Waals surface area contributed by atoms with Crippen molar-refractivity contribution in [3.05, 3.63) is 41.4 Å². The number of halogens is 1. The van der Waals surface area contributed by atoms with Crippen molar-refractivity contribution in [3.8, 4) is 11.3 Å². The average molecular weight is 330 g/mol. The second-order valence-electron chi connectivity index (χ2n) is 4.23. The van der Waals surface area contributed by atoms with Crippen LogP contribution in [0.15, 0.2) is 34.9 Å². The zero-order valence-electron chi connectivity index (χ0n) is 11.9. The van der Waals surface area contributed by atoms with Gasteiger partial charge in [0.05, 0.1) is 19.4 Å². The number of nitrogens with zero attached hydrogens (tertiary/aromatic N) is 1. The number of hydrogen-bond donors (Lipinski definition) is 0. The van der Waals surface area contributed by atoms with E-state index in [0.29, 0.717) is 29.9 Å². The fourth-order valence-corrected chi connectivity index (χ4v) is 3.56. The topological polar surface area (TPSA) is 61.6 Å². The molecule has 1 heterocycles. The van der Waals surface area contributed by atoms with Crippen molar-refractivity contribution >= 4 is 19.2 Å². The van der Waals surface area contributed by atoms with Gasteiger partial charge in [-0.15, -0.1) is 0 Å². The lowest BCUT2D eigenvalue weighted by molar-refractivity contribution is 0.217. The van der Waals surface area contributed by atoms with E-state index in [1.807, 2.05) is 12.1 Å². The van der Waals surface area contributed by atoms with Crippen molar-refractivity contribution in [1.82, 2.24) is 4.98 Å². The zero-order chi connectivity index (χ0) is 15.3. The van der Waals surface area contributed by atoms with Gasteiger partial charge in [0.2, 0.25) is 5.89 Å². The molecule has 0 amide bonds. The molecule has 0 aliphatic heterocycles. The van der Waals surface area contributed by atoms with Gasteiger partial charge in [0.15, 0.2) is 5.76 Å². The minimum atomic E-state index is -3.21. The van der Waals surface area contributed by atoms with Crippen molar-refractivity contribution in [3.63, 3.8) is 0 Å². The number of rotatable bonds is 7. The van der Waals surface area contributed by atoms with Gasteiger partial charge in [-0.05, 0) is 26.0 Å². The molecule has 21 heavy (non-hydrogen) atoms. The van der Waals surface area contributed by atoms with E-state index in [2.05, 4.69) is 4.98 Å². The van der Waals surface area contributed by atoms with Crippen LogP contribution in [-0.4, -0.2) is 18.2 Å². The molecule has 7 heteroatoms. The van der Waals surface area contributed by atoms with E-state index in [4.69, 9.17) is 25.1 Å². The molecular weight excluding hydrogens is 313 g/mol. The van der Waals surface area contributed by atoms with Crippen LogP contribution >= 0.6 is 19.2 Å². The highest BCUT2D eigenvalue weighted by Crippen LogP contribution is 2.51. The van der Waals surface area contributed by atoms with Gasteiger partial charge in [-0.3, -0.25) is 4.57 Å². The van der Waals surface area contributed by atoms with Crippen molar-refractivity contribution in [2.45, 2.75) is 20.0 Å². The first-order chi connectivity index (χ1) is 10.1. The van der Waals surface area contributed by atoms with Crippen LogP contribution in [0.2, 0.25) is 5.02 Å². The van der Waals surface area contributed by atoms with Gasteiger partial charge in [0, 0.05) is 10.6 Å². The third-order valence-electron chi connectivity index (χ3n) is 2.64. The van der Waals surface area contributed by atoms with Gasteiger partial charge in [-0.2, -0.15) is 0 Å². The fraction of sp³-hybridized carbons (Fsp3) is 0.357. The Labute approximate surface area is 128 Å². The van der Waals surface area contributed by atoms with E-state index >= 15 is 0 Å². The Morgan fingerprint density at radius 2 is 2.00 bits per heavy atom. The molecule has 0 radical (unpaired) electrons. The van der Waals surface area contributed by atoms with Crippen LogP contribution in [0.5, 0.6) is 0 Å². The number of hydrogen-bond acceptors (Lipinski definition) is 5. The van der Waals surface area contributed by atoms with Crippen molar-refractivity contribution in [2.24, 2.45) is 0 Å². The SMILES string of the molecule is CCOP(=O)(Cc1ncc(-c2cccc(Cl)c2)o1)OCC. The lowest BCUT2D eigenvalue weighted by Crippen LogP contribution is -1.99. The molecule has 0 spiro atoms. The minimum absolute atomic E-state index is 0.00917. The Morgan fingerprint density at radius 1 is 1.29 bits per heavy atom. The van der Waals surface area contributed by atoms with Gasteiger partial charge < -0.3 is 13.5 Å². The van der Waals surface area contributed by atoms with Crippen LogP contribution in [0.4, 0.5) is 0 Å². The molecule has 1 aromatic heterocycles. The summed E-state index contributed by atoms with van der Waals surface area (Å²) in [6, 6.07) is 7.24. The van der Waals surface area contributed by atoms with E-state index in [1.54, 1.807) is 32.2 Å². The molecule has 0 aliphatic rings. The molecule has 0 bridgehead atoms. The molecular formula is C14H17ClNO4P. The monoisotopic (exact) mass is 329 g/mol. The summed E-state index contributed by atoms with van der Waals surface area (Å²) in [6.45, 7) is 4.13. The quantitative estimate of drug-likeness (QED) is 0.685. The third-order valence-corrected chi connectivity index (χ3v) is 4.84. The smallest absolute Gasteiger partial charge is 0.339 e. The van der Waals surface area contributed by atoms with Gasteiger partial charge >= 0.3 is 7.60 Å². The van der Waals surface area contributed by atoms with Crippen LogP contribution in [-0.2, 0) is 19.8 Å². The second-order valence-corrected chi connectivity index (χ2v) is 6.72. The van der Waals surface area contributed by atoms with E-state index in [1.165, 1.54) is 0 Å². The highest BCUT2D eigenvalue weighted by Gasteiger charge is 2.27. The first-order valence-electron chi connectivity index (χ1n) is 6.65. The van der Waals surface area contributed by atoms with Crippen LogP contribution in [0.1, 0.15) is 19.7 Å². The normalized spacial score (nSPS) is 11.8. The fourth-order valence-electron chi connectivity index (χ4n) is 1.85. The number of benzene rings is 1. The van der Waals surface area contributed by atoms with Crippen molar-refractivity contribution in [2.75, 3.05) is 13.2 Å². The maximum atomic E-state index is 12.4. The molecule has 0 aliphatic carbocycles. The van der Waals surface area contributed by atoms with Gasteiger partial charge in [-0.25, -0.2) is 4.98 Å². The molecule has 0 fully saturated rings. The predicted octanol–water partition coefficient (Wildman–Crippen LogP) is 4.76. The molecule has 0 atom stereocenters. The summed E-state index contributed by atoms with van der Waals surface area (Å²) in [5.74, 6) is 0.877. The summed E-state index contributed by atoms with van der Waals surface area (Å²) < 4.78 is 28.5. The Bertz CT molecular complexity index is 633. The maximum absolute atomic E-state index is 12.4. The van der Waals surface area contributed by atoms with Gasteiger partial charge in [0.25, 0.3) is 0 Å². The number of oxazole rings is 1. The van der Waals surface area contributed by atoms with Gasteiger partial charge in [-0.1, -0.05) is 23.7 Å². The summed E-state index contributed by atoms with van der Waals surface area (Å²) in [5, 5.41) is 0.611. The highest BCUT2D eigenvalue weighted by molar-refractivity contribution is 7.52. The Hall–Kier alpha value is -1.13. The highest BCUT2D eigenvalue weighted by atomic mass is 35.5. The van der Waals surface area contributed by atoms with Crippen molar-refractivity contribution in [1.29, 1.82) is 0 Å². The number of aromatic nitrogens is 1. The summed E-state index contributed by atoms with van der Waals surface area (Å²) in [4.78, 5) is 4.13. The largest absolute Gasteiger partial charge is 0.440 e. The first-order valence-corrected chi connectivity index (χ1v) is 8.75. The molecule has 0 unspecified atom stereocenters. The molecule has 0 N–H and O–H groups in total. The summed E-state index contributed by atoms with van der Waals surface area (Å²) >= 11 is 5.94. The van der Waals surface area contributed by atoms with E-state index in [-0.39, 0.29) is 6.16 Å². The molecule has 1 aromatic carbocycles. The second kappa shape index (κ2) is 7.23. The van der Waals surface area contributed by atoms with E-state index < -0.39 is 7.60 Å². The molecule has 0 saturated carbocycles. The summed E-state index contributed by atoms with van der Waals surface area (Å²) in [7, 11) is -3.21. The standard InChI is InChI=1S/C14H17ClNO4P/c1-3-18-21(17,19-4-2)10-14-16-9-13(20-14)11-6-5-7-12(15)8-11/h5-9H,3-4,10H2,1-2H3. The average Bonchev–Trinajstić information content (AvgIpc) is 2.87.